The second-order valence-corrected chi connectivity index (χ2v) is 6.27. The average molecular weight is 405 g/mol. The SMILES string of the molecule is Cc1ncc([N+](=O)[O-])n1CCOC(=O)c1cc([N+](=O)[O-])ccc1N1CCOCC1. The number of rotatable bonds is 7. The van der Waals surface area contributed by atoms with E-state index in [-0.39, 0.29) is 30.2 Å². The maximum absolute atomic E-state index is 12.7. The van der Waals surface area contributed by atoms with E-state index in [1.54, 1.807) is 6.92 Å². The van der Waals surface area contributed by atoms with Crippen LogP contribution in [0.25, 0.3) is 0 Å². The number of carbonyl (C=O) groups is 1. The number of nitrogens with zero attached hydrogens (tertiary/aromatic N) is 5. The number of aromatic nitrogens is 2. The Hall–Kier alpha value is -3.54. The quantitative estimate of drug-likeness (QED) is 0.382. The van der Waals surface area contributed by atoms with E-state index in [2.05, 4.69) is 4.98 Å². The highest BCUT2D eigenvalue weighted by Gasteiger charge is 2.24. The van der Waals surface area contributed by atoms with Gasteiger partial charge in [-0.1, -0.05) is 0 Å². The van der Waals surface area contributed by atoms with Crippen LogP contribution in [0.5, 0.6) is 0 Å². The summed E-state index contributed by atoms with van der Waals surface area (Å²) in [7, 11) is 0. The molecule has 1 aromatic heterocycles. The maximum Gasteiger partial charge on any atom is 0.342 e. The molecule has 3 rings (SSSR count). The van der Waals surface area contributed by atoms with Gasteiger partial charge in [-0.05, 0) is 11.0 Å². The zero-order valence-electron chi connectivity index (χ0n) is 15.6. The van der Waals surface area contributed by atoms with E-state index in [1.165, 1.54) is 22.8 Å². The Bertz CT molecular complexity index is 936. The molecule has 0 saturated carbocycles. The zero-order chi connectivity index (χ0) is 21.0. The van der Waals surface area contributed by atoms with Gasteiger partial charge in [-0.25, -0.2) is 14.3 Å². The van der Waals surface area contributed by atoms with E-state index < -0.39 is 15.8 Å². The van der Waals surface area contributed by atoms with Crippen LogP contribution in [0.3, 0.4) is 0 Å². The molecule has 1 aliphatic heterocycles. The second-order valence-electron chi connectivity index (χ2n) is 6.27. The molecule has 1 fully saturated rings. The molecular formula is C17H19N5O7. The molecule has 12 heteroatoms. The smallest absolute Gasteiger partial charge is 0.342 e. The van der Waals surface area contributed by atoms with E-state index in [4.69, 9.17) is 9.47 Å². The van der Waals surface area contributed by atoms with Gasteiger partial charge in [0.05, 0.1) is 29.4 Å². The first-order valence-electron chi connectivity index (χ1n) is 8.83. The number of nitro groups is 2. The van der Waals surface area contributed by atoms with Gasteiger partial charge in [0.2, 0.25) is 0 Å². The fourth-order valence-electron chi connectivity index (χ4n) is 3.07. The molecular weight excluding hydrogens is 386 g/mol. The van der Waals surface area contributed by atoms with Crippen LogP contribution in [0.15, 0.2) is 24.4 Å². The van der Waals surface area contributed by atoms with Gasteiger partial charge in [0.1, 0.15) is 19.3 Å². The summed E-state index contributed by atoms with van der Waals surface area (Å²) in [6.07, 6.45) is 1.13. The average Bonchev–Trinajstić information content (AvgIpc) is 3.09. The van der Waals surface area contributed by atoms with Gasteiger partial charge in [-0.3, -0.25) is 10.1 Å². The summed E-state index contributed by atoms with van der Waals surface area (Å²) in [4.78, 5) is 39.4. The number of ether oxygens (including phenoxy) is 2. The van der Waals surface area contributed by atoms with E-state index in [0.29, 0.717) is 37.8 Å². The molecule has 0 unspecified atom stereocenters. The molecule has 0 amide bonds. The molecule has 1 aromatic carbocycles. The number of non-ortho nitro benzene ring substituents is 1. The lowest BCUT2D eigenvalue weighted by molar-refractivity contribution is -0.392. The molecule has 0 N–H and O–H groups in total. The van der Waals surface area contributed by atoms with Crippen LogP contribution in [0.1, 0.15) is 16.2 Å². The first-order chi connectivity index (χ1) is 13.9. The second kappa shape index (κ2) is 8.65. The van der Waals surface area contributed by atoms with Crippen molar-refractivity contribution in [3.8, 4) is 0 Å². The number of benzene rings is 1. The molecule has 154 valence electrons. The van der Waals surface area contributed by atoms with Crippen LogP contribution < -0.4 is 4.90 Å². The van der Waals surface area contributed by atoms with Crippen LogP contribution in [0, 0.1) is 27.2 Å². The summed E-state index contributed by atoms with van der Waals surface area (Å²) in [6.45, 7) is 3.53. The number of imidazole rings is 1. The number of hydrogen-bond acceptors (Lipinski definition) is 9. The Morgan fingerprint density at radius 3 is 2.62 bits per heavy atom. The lowest BCUT2D eigenvalue weighted by atomic mass is 10.1. The van der Waals surface area contributed by atoms with Gasteiger partial charge in [-0.2, -0.15) is 0 Å². The molecule has 2 heterocycles. The summed E-state index contributed by atoms with van der Waals surface area (Å²) in [6, 6.07) is 4.03. The number of esters is 1. The van der Waals surface area contributed by atoms with Crippen molar-refractivity contribution in [2.45, 2.75) is 13.5 Å². The van der Waals surface area contributed by atoms with Crippen molar-refractivity contribution in [3.63, 3.8) is 0 Å². The minimum Gasteiger partial charge on any atom is -0.458 e. The number of hydrogen-bond donors (Lipinski definition) is 0. The highest BCUT2D eigenvalue weighted by atomic mass is 16.6. The van der Waals surface area contributed by atoms with Crippen LogP contribution in [0.2, 0.25) is 0 Å². The lowest BCUT2D eigenvalue weighted by Crippen LogP contribution is -2.37. The predicted octanol–water partition coefficient (Wildman–Crippen LogP) is 1.70. The maximum atomic E-state index is 12.7. The molecule has 0 aliphatic carbocycles. The molecule has 0 radical (unpaired) electrons. The van der Waals surface area contributed by atoms with Crippen LogP contribution in [-0.2, 0) is 16.0 Å². The van der Waals surface area contributed by atoms with Crippen molar-refractivity contribution < 1.29 is 24.1 Å². The summed E-state index contributed by atoms with van der Waals surface area (Å²) >= 11 is 0. The first kappa shape index (κ1) is 20.2. The highest BCUT2D eigenvalue weighted by molar-refractivity contribution is 5.96. The van der Waals surface area contributed by atoms with Gasteiger partial charge >= 0.3 is 11.8 Å². The number of aryl methyl sites for hydroxylation is 1. The summed E-state index contributed by atoms with van der Waals surface area (Å²) in [5.41, 5.74) is 0.363. The summed E-state index contributed by atoms with van der Waals surface area (Å²) in [5, 5.41) is 22.1. The molecule has 1 aliphatic rings. The Labute approximate surface area is 164 Å². The van der Waals surface area contributed by atoms with E-state index in [0.717, 1.165) is 6.20 Å². The van der Waals surface area contributed by atoms with Crippen molar-refractivity contribution >= 4 is 23.2 Å². The fraction of sp³-hybridized carbons (Fsp3) is 0.412. The molecule has 29 heavy (non-hydrogen) atoms. The number of nitro benzene ring substituents is 1. The predicted molar refractivity (Wildman–Crippen MR) is 100 cm³/mol. The molecule has 2 aromatic rings. The van der Waals surface area contributed by atoms with Crippen LogP contribution in [0.4, 0.5) is 17.2 Å². The van der Waals surface area contributed by atoms with Crippen LogP contribution >= 0.6 is 0 Å². The normalized spacial score (nSPS) is 13.9. The zero-order valence-corrected chi connectivity index (χ0v) is 15.6. The number of carbonyl (C=O) groups excluding carboxylic acids is 1. The molecule has 0 bridgehead atoms. The van der Waals surface area contributed by atoms with Crippen molar-refractivity contribution in [2.24, 2.45) is 0 Å². The van der Waals surface area contributed by atoms with Gasteiger partial charge in [0.25, 0.3) is 5.69 Å². The standard InChI is InChI=1S/C17H19N5O7/c1-12-18-11-16(22(26)27)20(12)6-9-29-17(23)14-10-13(21(24)25)2-3-15(14)19-4-7-28-8-5-19/h2-3,10-11H,4-9H2,1H3. The van der Waals surface area contributed by atoms with Gasteiger partial charge in [-0.15, -0.1) is 0 Å². The molecule has 1 saturated heterocycles. The van der Waals surface area contributed by atoms with Crippen molar-refractivity contribution in [2.75, 3.05) is 37.8 Å². The van der Waals surface area contributed by atoms with Crippen molar-refractivity contribution in [1.82, 2.24) is 9.55 Å². The summed E-state index contributed by atoms with van der Waals surface area (Å²) in [5.74, 6) is -0.532. The third kappa shape index (κ3) is 4.48. The van der Waals surface area contributed by atoms with Crippen LogP contribution in [-0.4, -0.2) is 58.3 Å². The van der Waals surface area contributed by atoms with E-state index in [9.17, 15) is 25.0 Å². The lowest BCUT2D eigenvalue weighted by Gasteiger charge is -2.30. The van der Waals surface area contributed by atoms with Crippen molar-refractivity contribution in [1.29, 1.82) is 0 Å². The molecule has 12 nitrogen and oxygen atoms in total. The van der Waals surface area contributed by atoms with Gasteiger partial charge in [0.15, 0.2) is 5.82 Å². The van der Waals surface area contributed by atoms with Gasteiger partial charge < -0.3 is 24.5 Å². The topological polar surface area (TPSA) is 143 Å². The third-order valence-corrected chi connectivity index (χ3v) is 4.53. The number of anilines is 1. The van der Waals surface area contributed by atoms with Gasteiger partial charge in [0, 0.05) is 32.1 Å². The fourth-order valence-corrected chi connectivity index (χ4v) is 3.07. The Balaban J connectivity index is 1.77. The molecule has 0 spiro atoms. The first-order valence-corrected chi connectivity index (χ1v) is 8.83. The Kier molecular flexibility index (Phi) is 6.02. The summed E-state index contributed by atoms with van der Waals surface area (Å²) < 4.78 is 11.9. The van der Waals surface area contributed by atoms with E-state index >= 15 is 0 Å². The van der Waals surface area contributed by atoms with Crippen molar-refractivity contribution in [3.05, 3.63) is 56.0 Å². The monoisotopic (exact) mass is 405 g/mol. The minimum atomic E-state index is -0.740. The Morgan fingerprint density at radius 2 is 1.97 bits per heavy atom. The molecule has 0 atom stereocenters. The third-order valence-electron chi connectivity index (χ3n) is 4.53. The largest absolute Gasteiger partial charge is 0.458 e. The number of morpholine rings is 1. The van der Waals surface area contributed by atoms with E-state index in [1.807, 2.05) is 4.90 Å². The Morgan fingerprint density at radius 1 is 1.24 bits per heavy atom. The highest BCUT2D eigenvalue weighted by Crippen LogP contribution is 2.27. The minimum absolute atomic E-state index is 0.0374.